The van der Waals surface area contributed by atoms with Crippen LogP contribution in [0.2, 0.25) is 0 Å². The third kappa shape index (κ3) is 4.64. The number of nitrogens with zero attached hydrogens (tertiary/aromatic N) is 2. The van der Waals surface area contributed by atoms with Crippen molar-refractivity contribution in [2.75, 3.05) is 19.5 Å². The first kappa shape index (κ1) is 21.7. The van der Waals surface area contributed by atoms with Gasteiger partial charge in [-0.25, -0.2) is 9.97 Å². The molecule has 0 atom stereocenters. The highest BCUT2D eigenvalue weighted by atomic mass is 16.5. The van der Waals surface area contributed by atoms with E-state index in [0.29, 0.717) is 29.6 Å². The molecular weight excluding hydrogens is 428 g/mol. The fraction of sp³-hybridized carbons (Fsp3) is 0.222. The summed E-state index contributed by atoms with van der Waals surface area (Å²) >= 11 is 0. The summed E-state index contributed by atoms with van der Waals surface area (Å²) in [6, 6.07) is 20.0. The quantitative estimate of drug-likeness (QED) is 0.397. The molecule has 0 saturated heterocycles. The minimum absolute atomic E-state index is 0.176. The summed E-state index contributed by atoms with van der Waals surface area (Å²) in [5.41, 5.74) is 4.58. The van der Waals surface area contributed by atoms with Crippen LogP contribution in [0.25, 0.3) is 22.0 Å². The lowest BCUT2D eigenvalue weighted by Gasteiger charge is -2.11. The van der Waals surface area contributed by atoms with Crippen molar-refractivity contribution in [2.45, 2.75) is 25.4 Å². The highest BCUT2D eigenvalue weighted by Gasteiger charge is 2.22. The minimum atomic E-state index is -0.176. The van der Waals surface area contributed by atoms with E-state index < -0.39 is 0 Å². The van der Waals surface area contributed by atoms with E-state index in [1.807, 2.05) is 18.2 Å². The van der Waals surface area contributed by atoms with Crippen LogP contribution in [-0.4, -0.2) is 36.1 Å². The lowest BCUT2D eigenvalue weighted by atomic mass is 10.0. The molecule has 3 aromatic carbocycles. The molecule has 2 N–H and O–H groups in total. The molecule has 1 aromatic heterocycles. The van der Waals surface area contributed by atoms with E-state index >= 15 is 0 Å². The fourth-order valence-corrected chi connectivity index (χ4v) is 3.89. The number of aromatic nitrogens is 2. The average Bonchev–Trinajstić information content (AvgIpc) is 3.71. The van der Waals surface area contributed by atoms with Gasteiger partial charge in [0.05, 0.1) is 19.7 Å². The van der Waals surface area contributed by atoms with E-state index in [1.54, 1.807) is 38.7 Å². The maximum Gasteiger partial charge on any atom is 0.251 e. The van der Waals surface area contributed by atoms with Crippen LogP contribution in [0.5, 0.6) is 11.5 Å². The van der Waals surface area contributed by atoms with Gasteiger partial charge in [-0.3, -0.25) is 4.79 Å². The lowest BCUT2D eigenvalue weighted by Crippen LogP contribution is -2.22. The summed E-state index contributed by atoms with van der Waals surface area (Å²) in [7, 11) is 3.12. The Morgan fingerprint density at radius 1 is 0.941 bits per heavy atom. The van der Waals surface area contributed by atoms with Crippen LogP contribution in [0.1, 0.15) is 28.8 Å². The Bertz CT molecular complexity index is 1350. The molecule has 4 aromatic rings. The lowest BCUT2D eigenvalue weighted by molar-refractivity contribution is 0.0950. The number of hydrogen-bond acceptors (Lipinski definition) is 6. The van der Waals surface area contributed by atoms with Gasteiger partial charge in [0.15, 0.2) is 11.5 Å². The van der Waals surface area contributed by atoms with Gasteiger partial charge in [-0.15, -0.1) is 0 Å². The number of methoxy groups -OCH3 is 2. The van der Waals surface area contributed by atoms with Gasteiger partial charge >= 0.3 is 0 Å². The fourth-order valence-electron chi connectivity index (χ4n) is 3.89. The number of rotatable bonds is 8. The van der Waals surface area contributed by atoms with Crippen molar-refractivity contribution in [3.8, 4) is 22.6 Å². The predicted octanol–water partition coefficient (Wildman–Crippen LogP) is 4.82. The molecular formula is C27H26N4O3. The van der Waals surface area contributed by atoms with Gasteiger partial charge in [-0.05, 0) is 65.9 Å². The highest BCUT2D eigenvalue weighted by Crippen LogP contribution is 2.31. The van der Waals surface area contributed by atoms with Gasteiger partial charge in [0.1, 0.15) is 12.1 Å². The number of amides is 1. The number of hydrogen-bond donors (Lipinski definition) is 2. The Hall–Kier alpha value is -4.13. The monoisotopic (exact) mass is 454 g/mol. The van der Waals surface area contributed by atoms with E-state index in [0.717, 1.165) is 33.4 Å². The Balaban J connectivity index is 1.34. The molecule has 0 aliphatic heterocycles. The van der Waals surface area contributed by atoms with Gasteiger partial charge in [-0.1, -0.05) is 24.3 Å². The van der Waals surface area contributed by atoms with Crippen molar-refractivity contribution in [3.63, 3.8) is 0 Å². The zero-order valence-electron chi connectivity index (χ0n) is 19.2. The molecule has 7 nitrogen and oxygen atoms in total. The van der Waals surface area contributed by atoms with Crippen molar-refractivity contribution in [3.05, 3.63) is 78.1 Å². The number of fused-ring (bicyclic) bond motifs is 1. The van der Waals surface area contributed by atoms with Crippen molar-refractivity contribution < 1.29 is 14.3 Å². The smallest absolute Gasteiger partial charge is 0.251 e. The van der Waals surface area contributed by atoms with E-state index in [4.69, 9.17) is 9.47 Å². The molecule has 1 heterocycles. The Labute approximate surface area is 198 Å². The topological polar surface area (TPSA) is 85.4 Å². The molecule has 0 radical (unpaired) electrons. The van der Waals surface area contributed by atoms with Crippen LogP contribution in [0, 0.1) is 0 Å². The molecule has 1 aliphatic rings. The van der Waals surface area contributed by atoms with Gasteiger partial charge < -0.3 is 20.1 Å². The first-order valence-corrected chi connectivity index (χ1v) is 11.3. The van der Waals surface area contributed by atoms with Gasteiger partial charge in [0.2, 0.25) is 0 Å². The number of carbonyl (C=O) groups is 1. The highest BCUT2D eigenvalue weighted by molar-refractivity contribution is 5.95. The number of anilines is 1. The number of benzene rings is 3. The Kier molecular flexibility index (Phi) is 5.99. The second-order valence-electron chi connectivity index (χ2n) is 8.33. The van der Waals surface area contributed by atoms with Crippen LogP contribution in [0.15, 0.2) is 67.0 Å². The average molecular weight is 455 g/mol. The van der Waals surface area contributed by atoms with Gasteiger partial charge in [0.25, 0.3) is 5.91 Å². The number of nitrogens with one attached hydrogen (secondary N) is 2. The van der Waals surface area contributed by atoms with Crippen LogP contribution in [0.4, 0.5) is 5.82 Å². The molecule has 1 fully saturated rings. The zero-order valence-corrected chi connectivity index (χ0v) is 19.2. The van der Waals surface area contributed by atoms with E-state index in [1.165, 1.54) is 12.8 Å². The second kappa shape index (κ2) is 9.39. The molecule has 0 bridgehead atoms. The number of carbonyl (C=O) groups excluding carboxylic acids is 1. The van der Waals surface area contributed by atoms with E-state index in [9.17, 15) is 4.79 Å². The largest absolute Gasteiger partial charge is 0.493 e. The summed E-state index contributed by atoms with van der Waals surface area (Å²) < 4.78 is 10.5. The van der Waals surface area contributed by atoms with Crippen molar-refractivity contribution in [1.82, 2.24) is 15.3 Å². The molecule has 0 spiro atoms. The van der Waals surface area contributed by atoms with Crippen molar-refractivity contribution in [2.24, 2.45) is 0 Å². The summed E-state index contributed by atoms with van der Waals surface area (Å²) in [5, 5.41) is 7.49. The minimum Gasteiger partial charge on any atom is -0.493 e. The van der Waals surface area contributed by atoms with Crippen LogP contribution in [0.3, 0.4) is 0 Å². The third-order valence-electron chi connectivity index (χ3n) is 5.91. The Morgan fingerprint density at radius 3 is 2.56 bits per heavy atom. The summed E-state index contributed by atoms with van der Waals surface area (Å²) in [5.74, 6) is 1.81. The number of ether oxygens (including phenoxy) is 2. The standard InChI is InChI=1S/C27H26N4O3/c1-33-24-11-7-20(14-25(24)34-2)27(32)28-15-17-4-3-5-18(12-17)19-6-10-23-22(13-19)26(30-16-29-23)31-21-8-9-21/h3-7,10-14,16,21H,8-9,15H2,1-2H3,(H,28,32)(H,29,30,31). The molecule has 1 amide bonds. The molecule has 1 saturated carbocycles. The molecule has 172 valence electrons. The summed E-state index contributed by atoms with van der Waals surface area (Å²) in [6.45, 7) is 0.409. The maximum atomic E-state index is 12.7. The molecule has 5 rings (SSSR count). The molecule has 7 heteroatoms. The summed E-state index contributed by atoms with van der Waals surface area (Å²) in [4.78, 5) is 21.6. The van der Waals surface area contributed by atoms with Gasteiger partial charge in [0, 0.05) is 23.5 Å². The molecule has 34 heavy (non-hydrogen) atoms. The zero-order chi connectivity index (χ0) is 23.5. The van der Waals surface area contributed by atoms with E-state index in [2.05, 4.69) is 44.9 Å². The van der Waals surface area contributed by atoms with Crippen LogP contribution >= 0.6 is 0 Å². The first-order chi connectivity index (χ1) is 16.6. The first-order valence-electron chi connectivity index (χ1n) is 11.3. The maximum absolute atomic E-state index is 12.7. The third-order valence-corrected chi connectivity index (χ3v) is 5.91. The van der Waals surface area contributed by atoms with Crippen LogP contribution < -0.4 is 20.1 Å². The van der Waals surface area contributed by atoms with Gasteiger partial charge in [-0.2, -0.15) is 0 Å². The van der Waals surface area contributed by atoms with Crippen LogP contribution in [-0.2, 0) is 6.54 Å². The molecule has 1 aliphatic carbocycles. The predicted molar refractivity (Wildman–Crippen MR) is 132 cm³/mol. The summed E-state index contributed by atoms with van der Waals surface area (Å²) in [6.07, 6.45) is 3.97. The van der Waals surface area contributed by atoms with E-state index in [-0.39, 0.29) is 5.91 Å². The van der Waals surface area contributed by atoms with Crippen molar-refractivity contribution in [1.29, 1.82) is 0 Å². The Morgan fingerprint density at radius 2 is 1.76 bits per heavy atom. The second-order valence-corrected chi connectivity index (χ2v) is 8.33. The van der Waals surface area contributed by atoms with Crippen molar-refractivity contribution >= 4 is 22.6 Å². The molecule has 0 unspecified atom stereocenters. The normalized spacial score (nSPS) is 12.9. The SMILES string of the molecule is COc1ccc(C(=O)NCc2cccc(-c3ccc4ncnc(NC5CC5)c4c3)c2)cc1OC.